The lowest BCUT2D eigenvalue weighted by molar-refractivity contribution is -0.141. The number of aromatic nitrogens is 2. The molecule has 1 atom stereocenters. The van der Waals surface area contributed by atoms with Crippen molar-refractivity contribution in [2.45, 2.75) is 32.2 Å². The van der Waals surface area contributed by atoms with Gasteiger partial charge in [-0.2, -0.15) is 13.2 Å². The van der Waals surface area contributed by atoms with Crippen molar-refractivity contribution in [1.29, 1.82) is 0 Å². The van der Waals surface area contributed by atoms with E-state index < -0.39 is 12.7 Å². The predicted molar refractivity (Wildman–Crippen MR) is 76.3 cm³/mol. The van der Waals surface area contributed by atoms with E-state index in [-0.39, 0.29) is 18.3 Å². The van der Waals surface area contributed by atoms with Crippen LogP contribution in [-0.4, -0.2) is 32.8 Å². The molecule has 1 aromatic carbocycles. The topological polar surface area (TPSA) is 41.3 Å². The number of halogens is 3. The molecule has 0 saturated carbocycles. The summed E-state index contributed by atoms with van der Waals surface area (Å²) in [5.74, 6) is 0.517. The first-order valence-electron chi connectivity index (χ1n) is 6.82. The minimum absolute atomic E-state index is 0.0665. The fraction of sp³-hybridized carbons (Fsp3) is 0.400. The molecule has 1 unspecified atom stereocenters. The van der Waals surface area contributed by atoms with Crippen LogP contribution in [0, 0.1) is 0 Å². The molecule has 0 aliphatic heterocycles. The molecule has 0 fully saturated rings. The minimum Gasteiger partial charge on any atom is -0.508 e. The first-order valence-corrected chi connectivity index (χ1v) is 6.82. The van der Waals surface area contributed by atoms with Crippen molar-refractivity contribution in [3.05, 3.63) is 48.0 Å². The molecule has 0 radical (unpaired) electrons. The summed E-state index contributed by atoms with van der Waals surface area (Å²) in [4.78, 5) is 5.88. The Bertz CT molecular complexity index is 624. The molecule has 0 bridgehead atoms. The van der Waals surface area contributed by atoms with Crippen LogP contribution < -0.4 is 0 Å². The van der Waals surface area contributed by atoms with Crippen LogP contribution >= 0.6 is 0 Å². The zero-order chi connectivity index (χ0) is 16.3. The van der Waals surface area contributed by atoms with Crippen molar-refractivity contribution < 1.29 is 18.3 Å². The van der Waals surface area contributed by atoms with Crippen LogP contribution in [0.1, 0.15) is 24.4 Å². The van der Waals surface area contributed by atoms with Crippen molar-refractivity contribution >= 4 is 0 Å². The Morgan fingerprint density at radius 1 is 1.36 bits per heavy atom. The van der Waals surface area contributed by atoms with Gasteiger partial charge in [0.25, 0.3) is 0 Å². The first-order chi connectivity index (χ1) is 10.3. The largest absolute Gasteiger partial charge is 0.508 e. The SMILES string of the molecule is CC(c1cccc(O)c1)N(C)Cc1nccn1CC(F)(F)F. The third kappa shape index (κ3) is 4.24. The second-order valence-corrected chi connectivity index (χ2v) is 5.27. The summed E-state index contributed by atoms with van der Waals surface area (Å²) < 4.78 is 38.6. The maximum absolute atomic E-state index is 12.5. The van der Waals surface area contributed by atoms with Gasteiger partial charge in [0, 0.05) is 18.4 Å². The van der Waals surface area contributed by atoms with Crippen LogP contribution in [-0.2, 0) is 13.1 Å². The van der Waals surface area contributed by atoms with Gasteiger partial charge in [-0.05, 0) is 31.7 Å². The normalized spacial score (nSPS) is 13.5. The molecule has 0 aliphatic carbocycles. The van der Waals surface area contributed by atoms with Gasteiger partial charge in [-0.3, -0.25) is 4.90 Å². The summed E-state index contributed by atoms with van der Waals surface area (Å²) in [6.07, 6.45) is -1.57. The summed E-state index contributed by atoms with van der Waals surface area (Å²) in [5.41, 5.74) is 0.886. The summed E-state index contributed by atoms with van der Waals surface area (Å²) in [6, 6.07) is 6.75. The van der Waals surface area contributed by atoms with Crippen molar-refractivity contribution in [3.8, 4) is 5.75 Å². The van der Waals surface area contributed by atoms with E-state index in [1.165, 1.54) is 12.4 Å². The standard InChI is InChI=1S/C15H18F3N3O/c1-11(12-4-3-5-13(22)8-12)20(2)9-14-19-6-7-21(14)10-15(16,17)18/h3-8,11,22H,9-10H2,1-2H3. The van der Waals surface area contributed by atoms with E-state index in [1.54, 1.807) is 25.2 Å². The van der Waals surface area contributed by atoms with E-state index in [4.69, 9.17) is 0 Å². The van der Waals surface area contributed by atoms with E-state index in [0.717, 1.165) is 10.1 Å². The minimum atomic E-state index is -4.27. The average molecular weight is 313 g/mol. The highest BCUT2D eigenvalue weighted by Crippen LogP contribution is 2.24. The van der Waals surface area contributed by atoms with Gasteiger partial charge in [-0.25, -0.2) is 4.98 Å². The van der Waals surface area contributed by atoms with Gasteiger partial charge >= 0.3 is 6.18 Å². The van der Waals surface area contributed by atoms with E-state index in [0.29, 0.717) is 5.82 Å². The fourth-order valence-corrected chi connectivity index (χ4v) is 2.23. The van der Waals surface area contributed by atoms with Crippen LogP contribution in [0.5, 0.6) is 5.75 Å². The van der Waals surface area contributed by atoms with Crippen LogP contribution in [0.15, 0.2) is 36.7 Å². The lowest BCUT2D eigenvalue weighted by Gasteiger charge is -2.25. The molecule has 0 saturated heterocycles. The van der Waals surface area contributed by atoms with Crippen molar-refractivity contribution in [2.75, 3.05) is 7.05 Å². The maximum Gasteiger partial charge on any atom is 0.406 e. The quantitative estimate of drug-likeness (QED) is 0.920. The summed E-state index contributed by atoms with van der Waals surface area (Å²) >= 11 is 0. The number of hydrogen-bond acceptors (Lipinski definition) is 3. The number of phenols is 1. The van der Waals surface area contributed by atoms with Crippen LogP contribution in [0.2, 0.25) is 0 Å². The average Bonchev–Trinajstić information content (AvgIpc) is 2.83. The number of hydrogen-bond donors (Lipinski definition) is 1. The van der Waals surface area contributed by atoms with Gasteiger partial charge in [-0.15, -0.1) is 0 Å². The zero-order valence-corrected chi connectivity index (χ0v) is 12.4. The molecule has 1 N–H and O–H groups in total. The van der Waals surface area contributed by atoms with E-state index in [9.17, 15) is 18.3 Å². The monoisotopic (exact) mass is 313 g/mol. The Kier molecular flexibility index (Phi) is 4.75. The Balaban J connectivity index is 2.09. The molecule has 22 heavy (non-hydrogen) atoms. The Morgan fingerprint density at radius 3 is 2.73 bits per heavy atom. The highest BCUT2D eigenvalue weighted by Gasteiger charge is 2.29. The van der Waals surface area contributed by atoms with Gasteiger partial charge in [-0.1, -0.05) is 12.1 Å². The second-order valence-electron chi connectivity index (χ2n) is 5.27. The molecule has 0 spiro atoms. The van der Waals surface area contributed by atoms with Crippen LogP contribution in [0.25, 0.3) is 0 Å². The molecule has 120 valence electrons. The molecule has 1 heterocycles. The summed E-state index contributed by atoms with van der Waals surface area (Å²) in [7, 11) is 1.81. The summed E-state index contributed by atoms with van der Waals surface area (Å²) in [5, 5.41) is 9.51. The highest BCUT2D eigenvalue weighted by atomic mass is 19.4. The Labute approximate surface area is 126 Å². The molecule has 2 aromatic rings. The molecule has 2 rings (SSSR count). The lowest BCUT2D eigenvalue weighted by atomic mass is 10.1. The van der Waals surface area contributed by atoms with Crippen LogP contribution in [0.3, 0.4) is 0 Å². The molecule has 1 aromatic heterocycles. The molecule has 4 nitrogen and oxygen atoms in total. The predicted octanol–water partition coefficient (Wildman–Crippen LogP) is 3.34. The third-order valence-corrected chi connectivity index (χ3v) is 3.56. The number of nitrogens with zero attached hydrogens (tertiary/aromatic N) is 3. The number of alkyl halides is 3. The first kappa shape index (κ1) is 16.4. The van der Waals surface area contributed by atoms with E-state index >= 15 is 0 Å². The van der Waals surface area contributed by atoms with Crippen molar-refractivity contribution in [1.82, 2.24) is 14.5 Å². The van der Waals surface area contributed by atoms with Crippen molar-refractivity contribution in [3.63, 3.8) is 0 Å². The van der Waals surface area contributed by atoms with Crippen LogP contribution in [0.4, 0.5) is 13.2 Å². The number of phenolic OH excluding ortho intramolecular Hbond substituents is 1. The number of benzene rings is 1. The smallest absolute Gasteiger partial charge is 0.406 e. The Morgan fingerprint density at radius 2 is 2.09 bits per heavy atom. The van der Waals surface area contributed by atoms with Crippen molar-refractivity contribution in [2.24, 2.45) is 0 Å². The third-order valence-electron chi connectivity index (χ3n) is 3.56. The molecule has 0 amide bonds. The molecule has 7 heteroatoms. The fourth-order valence-electron chi connectivity index (χ4n) is 2.23. The molecular formula is C15H18F3N3O. The number of aromatic hydroxyl groups is 1. The van der Waals surface area contributed by atoms with E-state index in [1.807, 2.05) is 17.9 Å². The van der Waals surface area contributed by atoms with Gasteiger partial charge < -0.3 is 9.67 Å². The number of imidazole rings is 1. The van der Waals surface area contributed by atoms with Gasteiger partial charge in [0.1, 0.15) is 18.1 Å². The van der Waals surface area contributed by atoms with Gasteiger partial charge in [0.2, 0.25) is 0 Å². The van der Waals surface area contributed by atoms with Gasteiger partial charge in [0.15, 0.2) is 0 Å². The maximum atomic E-state index is 12.5. The van der Waals surface area contributed by atoms with E-state index in [2.05, 4.69) is 4.98 Å². The molecular weight excluding hydrogens is 295 g/mol. The number of rotatable bonds is 5. The second kappa shape index (κ2) is 6.39. The Hall–Kier alpha value is -2.02. The molecule has 0 aliphatic rings. The zero-order valence-electron chi connectivity index (χ0n) is 12.4. The summed E-state index contributed by atoms with van der Waals surface area (Å²) in [6.45, 7) is 1.16. The van der Waals surface area contributed by atoms with Gasteiger partial charge in [0.05, 0.1) is 6.54 Å². The highest BCUT2D eigenvalue weighted by molar-refractivity contribution is 5.29. The lowest BCUT2D eigenvalue weighted by Crippen LogP contribution is -2.26.